The van der Waals surface area contributed by atoms with Gasteiger partial charge in [0.2, 0.25) is 0 Å². The van der Waals surface area contributed by atoms with E-state index < -0.39 is 6.10 Å². The summed E-state index contributed by atoms with van der Waals surface area (Å²) in [6.07, 6.45) is -0.490. The number of furan rings is 1. The van der Waals surface area contributed by atoms with Crippen LogP contribution in [-0.2, 0) is 6.54 Å². The third-order valence-corrected chi connectivity index (χ3v) is 3.77. The first-order valence-corrected chi connectivity index (χ1v) is 7.14. The lowest BCUT2D eigenvalue weighted by molar-refractivity contribution is 0.200. The number of aryl methyl sites for hydroxylation is 1. The van der Waals surface area contributed by atoms with Gasteiger partial charge in [-0.15, -0.1) is 0 Å². The van der Waals surface area contributed by atoms with Crippen molar-refractivity contribution in [2.75, 3.05) is 5.32 Å². The third-order valence-electron chi connectivity index (χ3n) is 3.77. The van der Waals surface area contributed by atoms with Gasteiger partial charge in [-0.05, 0) is 26.0 Å². The summed E-state index contributed by atoms with van der Waals surface area (Å²) in [6.45, 7) is 4.43. The quantitative estimate of drug-likeness (QED) is 0.744. The Morgan fingerprint density at radius 3 is 2.62 bits per heavy atom. The van der Waals surface area contributed by atoms with Crippen molar-refractivity contribution in [2.45, 2.75) is 26.5 Å². The van der Waals surface area contributed by atoms with Crippen LogP contribution in [0.3, 0.4) is 0 Å². The molecular formula is C18H19NO2. The molecule has 3 heteroatoms. The minimum absolute atomic E-state index is 0.490. The number of benzene rings is 2. The highest BCUT2D eigenvalue weighted by atomic mass is 16.3. The molecule has 0 saturated heterocycles. The maximum atomic E-state index is 9.83. The van der Waals surface area contributed by atoms with Crippen LogP contribution in [0.4, 0.5) is 5.69 Å². The van der Waals surface area contributed by atoms with Gasteiger partial charge in [0.1, 0.15) is 11.3 Å². The van der Waals surface area contributed by atoms with Crippen molar-refractivity contribution in [2.24, 2.45) is 0 Å². The summed E-state index contributed by atoms with van der Waals surface area (Å²) in [5.41, 5.74) is 3.93. The number of rotatable bonds is 4. The highest BCUT2D eigenvalue weighted by molar-refractivity contribution is 5.82. The fourth-order valence-electron chi connectivity index (χ4n) is 2.65. The zero-order valence-electron chi connectivity index (χ0n) is 12.3. The smallest absolute Gasteiger partial charge is 0.134 e. The van der Waals surface area contributed by atoms with Gasteiger partial charge >= 0.3 is 0 Å². The van der Waals surface area contributed by atoms with Crippen LogP contribution in [0.1, 0.15) is 29.9 Å². The van der Waals surface area contributed by atoms with Gasteiger partial charge in [0.25, 0.3) is 0 Å². The van der Waals surface area contributed by atoms with E-state index in [1.165, 1.54) is 0 Å². The zero-order chi connectivity index (χ0) is 14.8. The average molecular weight is 281 g/mol. The van der Waals surface area contributed by atoms with E-state index >= 15 is 0 Å². The Kier molecular flexibility index (Phi) is 3.67. The molecular weight excluding hydrogens is 262 g/mol. The van der Waals surface area contributed by atoms with E-state index in [1.807, 2.05) is 49.4 Å². The second-order valence-corrected chi connectivity index (χ2v) is 5.25. The predicted octanol–water partition coefficient (Wildman–Crippen LogP) is 4.41. The topological polar surface area (TPSA) is 45.4 Å². The van der Waals surface area contributed by atoms with Crippen molar-refractivity contribution in [3.63, 3.8) is 0 Å². The lowest BCUT2D eigenvalue weighted by atomic mass is 10.1. The number of fused-ring (bicyclic) bond motifs is 1. The molecule has 2 aromatic carbocycles. The van der Waals surface area contributed by atoms with Gasteiger partial charge in [0, 0.05) is 28.7 Å². The Morgan fingerprint density at radius 2 is 1.81 bits per heavy atom. The molecule has 0 aliphatic heterocycles. The zero-order valence-corrected chi connectivity index (χ0v) is 12.3. The van der Waals surface area contributed by atoms with Crippen molar-refractivity contribution >= 4 is 16.7 Å². The molecule has 0 bridgehead atoms. The second kappa shape index (κ2) is 5.62. The summed E-state index contributed by atoms with van der Waals surface area (Å²) >= 11 is 0. The maximum absolute atomic E-state index is 9.83. The van der Waals surface area contributed by atoms with Crippen LogP contribution in [0.25, 0.3) is 11.0 Å². The molecule has 0 saturated carbocycles. The minimum Gasteiger partial charge on any atom is -0.461 e. The molecule has 0 amide bonds. The number of para-hydroxylation sites is 2. The molecule has 0 aliphatic carbocycles. The number of anilines is 1. The van der Waals surface area contributed by atoms with Crippen molar-refractivity contribution in [1.82, 2.24) is 0 Å². The van der Waals surface area contributed by atoms with Crippen LogP contribution < -0.4 is 5.32 Å². The molecule has 0 fully saturated rings. The van der Waals surface area contributed by atoms with Gasteiger partial charge < -0.3 is 14.8 Å². The van der Waals surface area contributed by atoms with Crippen molar-refractivity contribution < 1.29 is 9.52 Å². The summed E-state index contributed by atoms with van der Waals surface area (Å²) in [4.78, 5) is 0. The van der Waals surface area contributed by atoms with E-state index in [0.717, 1.165) is 33.5 Å². The first kappa shape index (κ1) is 13.7. The molecule has 0 aliphatic rings. The number of hydrogen-bond donors (Lipinski definition) is 2. The number of nitrogens with one attached hydrogen (secondary N) is 1. The molecule has 1 unspecified atom stereocenters. The van der Waals surface area contributed by atoms with E-state index in [-0.39, 0.29) is 0 Å². The first-order chi connectivity index (χ1) is 10.2. The molecule has 0 spiro atoms. The van der Waals surface area contributed by atoms with Crippen LogP contribution in [0.2, 0.25) is 0 Å². The Balaban J connectivity index is 1.89. The molecule has 108 valence electrons. The normalized spacial score (nSPS) is 12.5. The summed E-state index contributed by atoms with van der Waals surface area (Å²) in [5.74, 6) is 0.929. The van der Waals surface area contributed by atoms with E-state index in [1.54, 1.807) is 6.92 Å². The van der Waals surface area contributed by atoms with Crippen molar-refractivity contribution in [3.05, 3.63) is 65.4 Å². The number of aliphatic hydroxyl groups is 1. The standard InChI is InChI=1S/C18H19NO2/c1-12(20)14-7-3-5-9-17(14)19-11-16-13(2)21-18-10-6-4-8-15(16)18/h3-10,12,19-20H,11H2,1-2H3. The third kappa shape index (κ3) is 2.65. The molecule has 1 atom stereocenters. The number of aliphatic hydroxyl groups excluding tert-OH is 1. The summed E-state index contributed by atoms with van der Waals surface area (Å²) < 4.78 is 5.78. The summed E-state index contributed by atoms with van der Waals surface area (Å²) in [6, 6.07) is 15.9. The van der Waals surface area contributed by atoms with E-state index in [9.17, 15) is 5.11 Å². The SMILES string of the molecule is Cc1oc2ccccc2c1CNc1ccccc1C(C)O. The van der Waals surface area contributed by atoms with Gasteiger partial charge in [0.15, 0.2) is 0 Å². The first-order valence-electron chi connectivity index (χ1n) is 7.14. The molecule has 1 aromatic heterocycles. The molecule has 2 N–H and O–H groups in total. The molecule has 0 radical (unpaired) electrons. The molecule has 21 heavy (non-hydrogen) atoms. The monoisotopic (exact) mass is 281 g/mol. The van der Waals surface area contributed by atoms with Gasteiger partial charge in [-0.1, -0.05) is 36.4 Å². The average Bonchev–Trinajstić information content (AvgIpc) is 2.81. The predicted molar refractivity (Wildman–Crippen MR) is 85.4 cm³/mol. The van der Waals surface area contributed by atoms with Gasteiger partial charge in [0.05, 0.1) is 6.10 Å². The fraction of sp³-hybridized carbons (Fsp3) is 0.222. The highest BCUT2D eigenvalue weighted by Gasteiger charge is 2.12. The molecule has 3 nitrogen and oxygen atoms in total. The molecule has 3 rings (SSSR count). The van der Waals surface area contributed by atoms with Crippen LogP contribution in [0.15, 0.2) is 52.9 Å². The van der Waals surface area contributed by atoms with E-state index in [0.29, 0.717) is 6.54 Å². The lowest BCUT2D eigenvalue weighted by Gasteiger charge is -2.13. The van der Waals surface area contributed by atoms with E-state index in [4.69, 9.17) is 4.42 Å². The van der Waals surface area contributed by atoms with Crippen molar-refractivity contribution in [1.29, 1.82) is 0 Å². The lowest BCUT2D eigenvalue weighted by Crippen LogP contribution is -2.04. The van der Waals surface area contributed by atoms with Gasteiger partial charge in [-0.3, -0.25) is 0 Å². The van der Waals surface area contributed by atoms with E-state index in [2.05, 4.69) is 11.4 Å². The highest BCUT2D eigenvalue weighted by Crippen LogP contribution is 2.27. The fourth-order valence-corrected chi connectivity index (χ4v) is 2.65. The van der Waals surface area contributed by atoms with Gasteiger partial charge in [-0.25, -0.2) is 0 Å². The molecule has 3 aromatic rings. The minimum atomic E-state index is -0.490. The Labute approximate surface area is 124 Å². The molecule has 1 heterocycles. The Hall–Kier alpha value is -2.26. The van der Waals surface area contributed by atoms with Crippen LogP contribution in [0, 0.1) is 6.92 Å². The van der Waals surface area contributed by atoms with Crippen LogP contribution >= 0.6 is 0 Å². The Bertz CT molecular complexity index is 759. The maximum Gasteiger partial charge on any atom is 0.134 e. The van der Waals surface area contributed by atoms with Crippen LogP contribution in [0.5, 0.6) is 0 Å². The number of hydrogen-bond acceptors (Lipinski definition) is 3. The van der Waals surface area contributed by atoms with Gasteiger partial charge in [-0.2, -0.15) is 0 Å². The second-order valence-electron chi connectivity index (χ2n) is 5.25. The Morgan fingerprint density at radius 1 is 1.10 bits per heavy atom. The van der Waals surface area contributed by atoms with Crippen molar-refractivity contribution in [3.8, 4) is 0 Å². The summed E-state index contributed by atoms with van der Waals surface area (Å²) in [7, 11) is 0. The largest absolute Gasteiger partial charge is 0.461 e. The summed E-state index contributed by atoms with van der Waals surface area (Å²) in [5, 5.41) is 14.4. The van der Waals surface area contributed by atoms with Crippen LogP contribution in [-0.4, -0.2) is 5.11 Å².